The van der Waals surface area contributed by atoms with Gasteiger partial charge in [0.15, 0.2) is 12.2 Å². The third kappa shape index (κ3) is 2.94. The van der Waals surface area contributed by atoms with E-state index in [4.69, 9.17) is 4.42 Å². The lowest BCUT2D eigenvalue weighted by Gasteiger charge is -2.23. The first-order valence-electron chi connectivity index (χ1n) is 8.86. The Morgan fingerprint density at radius 1 is 1.22 bits per heavy atom. The molecular formula is C20H17N3O3S. The molecule has 136 valence electrons. The van der Waals surface area contributed by atoms with Crippen LogP contribution in [0.25, 0.3) is 0 Å². The zero-order chi connectivity index (χ0) is 18.4. The van der Waals surface area contributed by atoms with Crippen LogP contribution in [0, 0.1) is 0 Å². The highest BCUT2D eigenvalue weighted by molar-refractivity contribution is 7.08. The predicted molar refractivity (Wildman–Crippen MR) is 99.5 cm³/mol. The molecule has 2 aromatic heterocycles. The standard InChI is InChI=1S/C20H17N3O3S/c24-19(22-15-2-3-15)12-1-4-16-14(7-12)9-23(18(16)17-8-21-11-26-17)20(25)13-5-6-27-10-13/h1,4-8,10-11,15,18H,2-3,9H2,(H,22,24). The van der Waals surface area contributed by atoms with Gasteiger partial charge in [0.1, 0.15) is 6.04 Å². The smallest absolute Gasteiger partial charge is 0.255 e. The molecule has 0 radical (unpaired) electrons. The molecule has 5 rings (SSSR count). The highest BCUT2D eigenvalue weighted by Gasteiger charge is 2.37. The molecule has 1 saturated carbocycles. The number of nitrogens with one attached hydrogen (secondary N) is 1. The molecular weight excluding hydrogens is 362 g/mol. The number of benzene rings is 1. The first-order valence-corrected chi connectivity index (χ1v) is 9.80. The molecule has 1 fully saturated rings. The zero-order valence-corrected chi connectivity index (χ0v) is 15.2. The van der Waals surface area contributed by atoms with E-state index in [-0.39, 0.29) is 17.9 Å². The minimum absolute atomic E-state index is 0.0564. The number of thiophene rings is 1. The van der Waals surface area contributed by atoms with Gasteiger partial charge in [-0.2, -0.15) is 11.3 Å². The summed E-state index contributed by atoms with van der Waals surface area (Å²) in [6, 6.07) is 7.42. The van der Waals surface area contributed by atoms with Crippen molar-refractivity contribution in [3.63, 3.8) is 0 Å². The van der Waals surface area contributed by atoms with Gasteiger partial charge in [-0.3, -0.25) is 9.59 Å². The minimum atomic E-state index is -0.338. The predicted octanol–water partition coefficient (Wildman–Crippen LogP) is 3.37. The fourth-order valence-corrected chi connectivity index (χ4v) is 4.13. The van der Waals surface area contributed by atoms with Gasteiger partial charge >= 0.3 is 0 Å². The van der Waals surface area contributed by atoms with Crippen molar-refractivity contribution in [2.75, 3.05) is 0 Å². The molecule has 7 heteroatoms. The van der Waals surface area contributed by atoms with Crippen LogP contribution in [-0.2, 0) is 6.54 Å². The molecule has 1 atom stereocenters. The quantitative estimate of drug-likeness (QED) is 0.754. The maximum atomic E-state index is 13.0. The Morgan fingerprint density at radius 3 is 2.81 bits per heavy atom. The molecule has 6 nitrogen and oxygen atoms in total. The van der Waals surface area contributed by atoms with E-state index < -0.39 is 0 Å². The number of aromatic nitrogens is 1. The highest BCUT2D eigenvalue weighted by atomic mass is 32.1. The summed E-state index contributed by atoms with van der Waals surface area (Å²) in [5, 5.41) is 6.74. The van der Waals surface area contributed by atoms with E-state index in [1.165, 1.54) is 17.7 Å². The first-order chi connectivity index (χ1) is 13.2. The van der Waals surface area contributed by atoms with Gasteiger partial charge in [-0.05, 0) is 47.5 Å². The minimum Gasteiger partial charge on any atom is -0.446 e. The summed E-state index contributed by atoms with van der Waals surface area (Å²) in [4.78, 5) is 31.2. The normalized spacial score (nSPS) is 18.4. The van der Waals surface area contributed by atoms with E-state index in [1.54, 1.807) is 11.1 Å². The molecule has 27 heavy (non-hydrogen) atoms. The van der Waals surface area contributed by atoms with Gasteiger partial charge in [0.25, 0.3) is 11.8 Å². The van der Waals surface area contributed by atoms with Crippen LogP contribution >= 0.6 is 11.3 Å². The van der Waals surface area contributed by atoms with Gasteiger partial charge in [-0.1, -0.05) is 6.07 Å². The molecule has 1 aromatic carbocycles. The number of carbonyl (C=O) groups excluding carboxylic acids is 2. The molecule has 0 saturated heterocycles. The van der Waals surface area contributed by atoms with Gasteiger partial charge < -0.3 is 14.6 Å². The van der Waals surface area contributed by atoms with E-state index in [0.717, 1.165) is 24.0 Å². The molecule has 2 aliphatic rings. The van der Waals surface area contributed by atoms with Crippen molar-refractivity contribution in [3.8, 4) is 0 Å². The lowest BCUT2D eigenvalue weighted by atomic mass is 10.0. The van der Waals surface area contributed by atoms with Crippen molar-refractivity contribution in [2.24, 2.45) is 0 Å². The number of rotatable bonds is 4. The third-order valence-corrected chi connectivity index (χ3v) is 5.70. The second-order valence-corrected chi connectivity index (χ2v) is 7.69. The SMILES string of the molecule is O=C(NC1CC1)c1ccc2c(c1)CN(C(=O)c1ccsc1)C2c1cnco1. The summed E-state index contributed by atoms with van der Waals surface area (Å²) in [6.45, 7) is 0.430. The Kier molecular flexibility index (Phi) is 3.82. The van der Waals surface area contributed by atoms with Crippen LogP contribution in [0.4, 0.5) is 0 Å². The van der Waals surface area contributed by atoms with Crippen LogP contribution < -0.4 is 5.32 Å². The van der Waals surface area contributed by atoms with E-state index in [1.807, 2.05) is 35.0 Å². The second-order valence-electron chi connectivity index (χ2n) is 6.91. The monoisotopic (exact) mass is 379 g/mol. The van der Waals surface area contributed by atoms with Crippen LogP contribution in [-0.4, -0.2) is 27.7 Å². The number of amides is 2. The van der Waals surface area contributed by atoms with Crippen molar-refractivity contribution in [3.05, 3.63) is 75.6 Å². The summed E-state index contributed by atoms with van der Waals surface area (Å²) < 4.78 is 5.53. The van der Waals surface area contributed by atoms with Gasteiger partial charge in [0.2, 0.25) is 0 Å². The Balaban J connectivity index is 1.51. The average Bonchev–Trinajstić information content (AvgIpc) is 3.14. The number of carbonyl (C=O) groups is 2. The molecule has 3 heterocycles. The second kappa shape index (κ2) is 6.35. The van der Waals surface area contributed by atoms with Crippen LogP contribution in [0.2, 0.25) is 0 Å². The van der Waals surface area contributed by atoms with Crippen molar-refractivity contribution in [1.82, 2.24) is 15.2 Å². The Hall–Kier alpha value is -2.93. The van der Waals surface area contributed by atoms with E-state index in [9.17, 15) is 9.59 Å². The number of hydrogen-bond donors (Lipinski definition) is 1. The number of hydrogen-bond acceptors (Lipinski definition) is 5. The third-order valence-electron chi connectivity index (χ3n) is 5.01. The zero-order valence-electron chi connectivity index (χ0n) is 14.4. The van der Waals surface area contributed by atoms with Crippen molar-refractivity contribution < 1.29 is 14.0 Å². The van der Waals surface area contributed by atoms with E-state index >= 15 is 0 Å². The molecule has 1 aliphatic heterocycles. The summed E-state index contributed by atoms with van der Waals surface area (Å²) >= 11 is 1.49. The summed E-state index contributed by atoms with van der Waals surface area (Å²) in [5.74, 6) is 0.504. The summed E-state index contributed by atoms with van der Waals surface area (Å²) in [5.41, 5.74) is 3.22. The summed E-state index contributed by atoms with van der Waals surface area (Å²) in [6.07, 6.45) is 5.11. The van der Waals surface area contributed by atoms with Crippen LogP contribution in [0.15, 0.2) is 52.0 Å². The lowest BCUT2D eigenvalue weighted by Crippen LogP contribution is -2.29. The maximum Gasteiger partial charge on any atom is 0.255 e. The van der Waals surface area contributed by atoms with Crippen molar-refractivity contribution in [1.29, 1.82) is 0 Å². The topological polar surface area (TPSA) is 75.4 Å². The molecule has 1 unspecified atom stereocenters. The van der Waals surface area contributed by atoms with Crippen LogP contribution in [0.3, 0.4) is 0 Å². The van der Waals surface area contributed by atoms with Gasteiger partial charge in [-0.25, -0.2) is 4.98 Å². The lowest BCUT2D eigenvalue weighted by molar-refractivity contribution is 0.0704. The molecule has 0 spiro atoms. The first kappa shape index (κ1) is 16.3. The molecule has 1 aliphatic carbocycles. The fourth-order valence-electron chi connectivity index (χ4n) is 3.50. The van der Waals surface area contributed by atoms with Crippen LogP contribution in [0.5, 0.6) is 0 Å². The van der Waals surface area contributed by atoms with Crippen molar-refractivity contribution in [2.45, 2.75) is 31.5 Å². The Morgan fingerprint density at radius 2 is 2.11 bits per heavy atom. The van der Waals surface area contributed by atoms with Gasteiger partial charge in [-0.15, -0.1) is 0 Å². The summed E-state index contributed by atoms with van der Waals surface area (Å²) in [7, 11) is 0. The van der Waals surface area contributed by atoms with Crippen LogP contribution in [0.1, 0.15) is 56.5 Å². The largest absolute Gasteiger partial charge is 0.446 e. The highest BCUT2D eigenvalue weighted by Crippen LogP contribution is 2.40. The number of fused-ring (bicyclic) bond motifs is 1. The van der Waals surface area contributed by atoms with Gasteiger partial charge in [0.05, 0.1) is 11.8 Å². The number of oxazole rings is 1. The Labute approximate surface area is 159 Å². The van der Waals surface area contributed by atoms with E-state index in [2.05, 4.69) is 10.3 Å². The molecule has 2 amide bonds. The fraction of sp³-hybridized carbons (Fsp3) is 0.250. The Bertz CT molecular complexity index is 994. The average molecular weight is 379 g/mol. The van der Waals surface area contributed by atoms with E-state index in [0.29, 0.717) is 29.5 Å². The van der Waals surface area contributed by atoms with Gasteiger partial charge in [0, 0.05) is 23.5 Å². The molecule has 3 aromatic rings. The molecule has 0 bridgehead atoms. The van der Waals surface area contributed by atoms with Crippen molar-refractivity contribution >= 4 is 23.2 Å². The number of nitrogens with zero attached hydrogens (tertiary/aromatic N) is 2. The molecule has 1 N–H and O–H groups in total. The maximum absolute atomic E-state index is 13.0.